The van der Waals surface area contributed by atoms with Crippen LogP contribution in [0.4, 0.5) is 10.3 Å². The highest BCUT2D eigenvalue weighted by molar-refractivity contribution is 5.94. The van der Waals surface area contributed by atoms with Gasteiger partial charge in [0.2, 0.25) is 5.95 Å². The molecule has 2 N–H and O–H groups in total. The molecule has 2 aliphatic rings. The van der Waals surface area contributed by atoms with Crippen molar-refractivity contribution in [2.24, 2.45) is 5.92 Å². The molecule has 1 saturated heterocycles. The summed E-state index contributed by atoms with van der Waals surface area (Å²) in [7, 11) is 0. The molecule has 1 aliphatic carbocycles. The largest absolute Gasteiger partial charge is 0.493 e. The van der Waals surface area contributed by atoms with Gasteiger partial charge >= 0.3 is 0 Å². The van der Waals surface area contributed by atoms with Gasteiger partial charge in [-0.1, -0.05) is 6.92 Å². The summed E-state index contributed by atoms with van der Waals surface area (Å²) >= 11 is 0. The monoisotopic (exact) mass is 470 g/mol. The van der Waals surface area contributed by atoms with Gasteiger partial charge in [-0.05, 0) is 75.0 Å². The van der Waals surface area contributed by atoms with Crippen molar-refractivity contribution in [3.05, 3.63) is 47.5 Å². The summed E-state index contributed by atoms with van der Waals surface area (Å²) < 4.78 is 20.2. The van der Waals surface area contributed by atoms with E-state index in [2.05, 4.69) is 27.1 Å². The predicted octanol–water partition coefficient (Wildman–Crippen LogP) is 3.90. The molecule has 0 unspecified atom stereocenters. The lowest BCUT2D eigenvalue weighted by Crippen LogP contribution is -2.40. The van der Waals surface area contributed by atoms with Crippen molar-refractivity contribution in [3.63, 3.8) is 0 Å². The molecular weight excluding hydrogens is 435 g/mol. The van der Waals surface area contributed by atoms with Gasteiger partial charge in [0.25, 0.3) is 5.91 Å². The standard InChI is InChI=1S/C26H35FN4O3/c1-2-18-16-28-26(29-17-18)31-12-10-19(11-13-31)5-4-14-34-20-8-9-21(22(27)15-20)25(33)30-23-6-3-7-24(23)32/h8-9,15-17,19,23-24,32H,2-7,10-14H2,1H3,(H,30,33)/t23-,24-/m1/s1. The van der Waals surface area contributed by atoms with Crippen LogP contribution >= 0.6 is 0 Å². The number of aliphatic hydroxyl groups excluding tert-OH is 1. The molecule has 34 heavy (non-hydrogen) atoms. The highest BCUT2D eigenvalue weighted by Crippen LogP contribution is 2.25. The molecule has 7 nitrogen and oxygen atoms in total. The van der Waals surface area contributed by atoms with Gasteiger partial charge in [-0.25, -0.2) is 14.4 Å². The number of benzene rings is 1. The normalized spacial score (nSPS) is 21.0. The van der Waals surface area contributed by atoms with E-state index in [0.29, 0.717) is 31.1 Å². The van der Waals surface area contributed by atoms with E-state index < -0.39 is 17.8 Å². The minimum absolute atomic E-state index is 0.0217. The number of hydrogen-bond donors (Lipinski definition) is 2. The van der Waals surface area contributed by atoms with Crippen LogP contribution in [0, 0.1) is 11.7 Å². The molecule has 8 heteroatoms. The van der Waals surface area contributed by atoms with Crippen LogP contribution in [0.15, 0.2) is 30.6 Å². The summed E-state index contributed by atoms with van der Waals surface area (Å²) in [6.07, 6.45) is 10.6. The van der Waals surface area contributed by atoms with Gasteiger partial charge in [-0.2, -0.15) is 0 Å². The van der Waals surface area contributed by atoms with E-state index in [4.69, 9.17) is 4.74 Å². The number of aromatic nitrogens is 2. The van der Waals surface area contributed by atoms with Gasteiger partial charge in [0.05, 0.1) is 24.3 Å². The van der Waals surface area contributed by atoms with Crippen molar-refractivity contribution < 1.29 is 19.0 Å². The third-order valence-corrected chi connectivity index (χ3v) is 7.00. The Morgan fingerprint density at radius 3 is 2.62 bits per heavy atom. The van der Waals surface area contributed by atoms with E-state index >= 15 is 0 Å². The predicted molar refractivity (Wildman–Crippen MR) is 129 cm³/mol. The Bertz CT molecular complexity index is 948. The maximum atomic E-state index is 14.5. The molecule has 1 saturated carbocycles. The van der Waals surface area contributed by atoms with E-state index in [1.54, 1.807) is 6.07 Å². The summed E-state index contributed by atoms with van der Waals surface area (Å²) in [4.78, 5) is 23.6. The Hall–Kier alpha value is -2.74. The molecule has 184 valence electrons. The zero-order valence-corrected chi connectivity index (χ0v) is 19.9. The fourth-order valence-electron chi connectivity index (χ4n) is 4.80. The molecule has 2 heterocycles. The molecule has 1 amide bonds. The third-order valence-electron chi connectivity index (χ3n) is 7.00. The summed E-state index contributed by atoms with van der Waals surface area (Å²) in [6, 6.07) is 4.05. The molecule has 0 radical (unpaired) electrons. The maximum absolute atomic E-state index is 14.5. The molecule has 1 aliphatic heterocycles. The smallest absolute Gasteiger partial charge is 0.254 e. The summed E-state index contributed by atoms with van der Waals surface area (Å²) in [6.45, 7) is 4.54. The Kier molecular flexibility index (Phi) is 8.32. The van der Waals surface area contributed by atoms with E-state index in [1.807, 2.05) is 12.4 Å². The maximum Gasteiger partial charge on any atom is 0.254 e. The van der Waals surface area contributed by atoms with Gasteiger partial charge in [0.1, 0.15) is 11.6 Å². The van der Waals surface area contributed by atoms with Crippen LogP contribution in [0.25, 0.3) is 0 Å². The summed E-state index contributed by atoms with van der Waals surface area (Å²) in [5.41, 5.74) is 1.13. The number of nitrogens with one attached hydrogen (secondary N) is 1. The van der Waals surface area contributed by atoms with Crippen LogP contribution in [0.2, 0.25) is 0 Å². The van der Waals surface area contributed by atoms with Gasteiger partial charge in [-0.15, -0.1) is 0 Å². The first kappa shape index (κ1) is 24.4. The minimum atomic E-state index is -0.607. The van der Waals surface area contributed by atoms with E-state index in [0.717, 1.165) is 63.1 Å². The van der Waals surface area contributed by atoms with Crippen molar-refractivity contribution in [1.29, 1.82) is 0 Å². The molecule has 1 aromatic heterocycles. The zero-order valence-electron chi connectivity index (χ0n) is 19.9. The van der Waals surface area contributed by atoms with Gasteiger partial charge in [-0.3, -0.25) is 4.79 Å². The van der Waals surface area contributed by atoms with Gasteiger partial charge < -0.3 is 20.1 Å². The number of halogens is 1. The van der Waals surface area contributed by atoms with E-state index in [-0.39, 0.29) is 11.6 Å². The molecule has 0 spiro atoms. The highest BCUT2D eigenvalue weighted by atomic mass is 19.1. The average molecular weight is 471 g/mol. The first-order valence-electron chi connectivity index (χ1n) is 12.5. The number of ether oxygens (including phenoxy) is 1. The van der Waals surface area contributed by atoms with Crippen LogP contribution in [-0.2, 0) is 6.42 Å². The van der Waals surface area contributed by atoms with Gasteiger partial charge in [0, 0.05) is 31.5 Å². The van der Waals surface area contributed by atoms with E-state index in [1.165, 1.54) is 12.1 Å². The number of carbonyl (C=O) groups excluding carboxylic acids is 1. The first-order chi connectivity index (χ1) is 16.5. The molecule has 2 atom stereocenters. The quantitative estimate of drug-likeness (QED) is 0.541. The number of piperidine rings is 1. The van der Waals surface area contributed by atoms with Crippen molar-refractivity contribution in [1.82, 2.24) is 15.3 Å². The fourth-order valence-corrected chi connectivity index (χ4v) is 4.80. The molecule has 4 rings (SSSR count). The number of carbonyl (C=O) groups is 1. The SMILES string of the molecule is CCc1cnc(N2CCC(CCCOc3ccc(C(=O)N[C@@H]4CCC[C@H]4O)c(F)c3)CC2)nc1. The Labute approximate surface area is 200 Å². The first-order valence-corrected chi connectivity index (χ1v) is 12.5. The lowest BCUT2D eigenvalue weighted by Gasteiger charge is -2.32. The second-order valence-electron chi connectivity index (χ2n) is 9.39. The number of hydrogen-bond acceptors (Lipinski definition) is 6. The minimum Gasteiger partial charge on any atom is -0.493 e. The van der Waals surface area contributed by atoms with Crippen molar-refractivity contribution in [3.8, 4) is 5.75 Å². The number of aliphatic hydroxyl groups is 1. The van der Waals surface area contributed by atoms with Crippen molar-refractivity contribution in [2.45, 2.75) is 70.4 Å². The molecular formula is C26H35FN4O3. The second-order valence-corrected chi connectivity index (χ2v) is 9.39. The van der Waals surface area contributed by atoms with Crippen molar-refractivity contribution in [2.75, 3.05) is 24.6 Å². The Morgan fingerprint density at radius 2 is 1.97 bits per heavy atom. The molecule has 1 aromatic carbocycles. The van der Waals surface area contributed by atoms with Crippen LogP contribution in [0.1, 0.15) is 67.8 Å². The van der Waals surface area contributed by atoms with Crippen molar-refractivity contribution >= 4 is 11.9 Å². The molecule has 2 aromatic rings. The number of aryl methyl sites for hydroxylation is 1. The van der Waals surface area contributed by atoms with Crippen LogP contribution in [0.5, 0.6) is 5.75 Å². The lowest BCUT2D eigenvalue weighted by atomic mass is 9.92. The highest BCUT2D eigenvalue weighted by Gasteiger charge is 2.27. The fraction of sp³-hybridized carbons (Fsp3) is 0.577. The zero-order chi connectivity index (χ0) is 23.9. The number of anilines is 1. The van der Waals surface area contributed by atoms with Crippen LogP contribution in [-0.4, -0.2) is 52.8 Å². The van der Waals surface area contributed by atoms with E-state index in [9.17, 15) is 14.3 Å². The lowest BCUT2D eigenvalue weighted by molar-refractivity contribution is 0.0869. The van der Waals surface area contributed by atoms with Crippen LogP contribution < -0.4 is 15.0 Å². The summed E-state index contributed by atoms with van der Waals surface area (Å²) in [5, 5.41) is 12.6. The number of nitrogens with zero attached hydrogens (tertiary/aromatic N) is 3. The van der Waals surface area contributed by atoms with Crippen LogP contribution in [0.3, 0.4) is 0 Å². The summed E-state index contributed by atoms with van der Waals surface area (Å²) in [5.74, 6) is 0.788. The third kappa shape index (κ3) is 6.23. The molecule has 0 bridgehead atoms. The Morgan fingerprint density at radius 1 is 1.21 bits per heavy atom. The average Bonchev–Trinajstić information content (AvgIpc) is 3.26. The van der Waals surface area contributed by atoms with Gasteiger partial charge in [0.15, 0.2) is 0 Å². The Balaban J connectivity index is 1.16. The number of rotatable bonds is 9. The topological polar surface area (TPSA) is 87.6 Å². The number of amides is 1. The molecule has 2 fully saturated rings. The second kappa shape index (κ2) is 11.6.